The quantitative estimate of drug-likeness (QED) is 0.775. The van der Waals surface area contributed by atoms with E-state index >= 15 is 0 Å². The number of halogens is 2. The average molecular weight is 370 g/mol. The zero-order valence-electron chi connectivity index (χ0n) is 12.1. The van der Waals surface area contributed by atoms with Crippen molar-refractivity contribution in [1.82, 2.24) is 10.3 Å². The largest absolute Gasteiger partial charge is 0.454 e. The SMILES string of the molecule is CC(C)CNCc1ccncc1Oc1cc(Br)ccc1Cl. The number of benzene rings is 1. The molecular formula is C16H18BrClN2O. The van der Waals surface area contributed by atoms with Gasteiger partial charge in [-0.15, -0.1) is 0 Å². The second kappa shape index (κ2) is 7.78. The van der Waals surface area contributed by atoms with Gasteiger partial charge in [-0.3, -0.25) is 4.98 Å². The van der Waals surface area contributed by atoms with Crippen molar-refractivity contribution in [3.05, 3.63) is 51.7 Å². The number of ether oxygens (including phenoxy) is 1. The van der Waals surface area contributed by atoms with Crippen LogP contribution < -0.4 is 10.1 Å². The van der Waals surface area contributed by atoms with Crippen LogP contribution in [0.15, 0.2) is 41.1 Å². The lowest BCUT2D eigenvalue weighted by Gasteiger charge is -2.13. The first-order valence-corrected chi connectivity index (χ1v) is 8.00. The maximum atomic E-state index is 6.16. The molecule has 0 aliphatic heterocycles. The van der Waals surface area contributed by atoms with Gasteiger partial charge in [-0.25, -0.2) is 0 Å². The molecule has 0 atom stereocenters. The summed E-state index contributed by atoms with van der Waals surface area (Å²) in [5.41, 5.74) is 1.06. The fourth-order valence-electron chi connectivity index (χ4n) is 1.82. The predicted octanol–water partition coefficient (Wildman–Crippen LogP) is 5.04. The van der Waals surface area contributed by atoms with E-state index in [1.54, 1.807) is 18.5 Å². The van der Waals surface area contributed by atoms with Crippen LogP contribution in [0.5, 0.6) is 11.5 Å². The normalized spacial score (nSPS) is 10.9. The van der Waals surface area contributed by atoms with Crippen LogP contribution in [0.3, 0.4) is 0 Å². The van der Waals surface area contributed by atoms with E-state index in [9.17, 15) is 0 Å². The smallest absolute Gasteiger partial charge is 0.150 e. The highest BCUT2D eigenvalue weighted by atomic mass is 79.9. The van der Waals surface area contributed by atoms with E-state index in [4.69, 9.17) is 16.3 Å². The minimum Gasteiger partial charge on any atom is -0.454 e. The van der Waals surface area contributed by atoms with E-state index < -0.39 is 0 Å². The Balaban J connectivity index is 2.14. The molecule has 2 rings (SSSR count). The standard InChI is InChI=1S/C16H18BrClN2O/c1-11(2)8-20-9-12-5-6-19-10-16(12)21-15-7-13(17)3-4-14(15)18/h3-7,10-11,20H,8-9H2,1-2H3. The van der Waals surface area contributed by atoms with Crippen LogP contribution in [-0.4, -0.2) is 11.5 Å². The van der Waals surface area contributed by atoms with Crippen molar-refractivity contribution in [3.8, 4) is 11.5 Å². The third-order valence-electron chi connectivity index (χ3n) is 2.85. The van der Waals surface area contributed by atoms with E-state index in [0.717, 1.165) is 23.1 Å². The first-order chi connectivity index (χ1) is 10.1. The van der Waals surface area contributed by atoms with Crippen molar-refractivity contribution in [2.45, 2.75) is 20.4 Å². The van der Waals surface area contributed by atoms with Gasteiger partial charge in [0.25, 0.3) is 0 Å². The summed E-state index contributed by atoms with van der Waals surface area (Å²) in [5.74, 6) is 1.94. The summed E-state index contributed by atoms with van der Waals surface area (Å²) < 4.78 is 6.84. The Morgan fingerprint density at radius 3 is 2.86 bits per heavy atom. The Morgan fingerprint density at radius 2 is 2.10 bits per heavy atom. The lowest BCUT2D eigenvalue weighted by atomic mass is 10.2. The second-order valence-electron chi connectivity index (χ2n) is 5.18. The van der Waals surface area contributed by atoms with Gasteiger partial charge in [-0.1, -0.05) is 41.4 Å². The van der Waals surface area contributed by atoms with Gasteiger partial charge in [0.1, 0.15) is 11.5 Å². The van der Waals surface area contributed by atoms with Gasteiger partial charge in [-0.05, 0) is 36.7 Å². The summed E-state index contributed by atoms with van der Waals surface area (Å²) in [5, 5.41) is 3.98. The highest BCUT2D eigenvalue weighted by Gasteiger charge is 2.08. The third kappa shape index (κ3) is 4.99. The zero-order valence-corrected chi connectivity index (χ0v) is 14.4. The van der Waals surface area contributed by atoms with Crippen molar-refractivity contribution >= 4 is 27.5 Å². The number of pyridine rings is 1. The Kier molecular flexibility index (Phi) is 6.03. The summed E-state index contributed by atoms with van der Waals surface area (Å²) in [6.07, 6.45) is 3.48. The van der Waals surface area contributed by atoms with E-state index in [-0.39, 0.29) is 0 Å². The number of rotatable bonds is 6. The summed E-state index contributed by atoms with van der Waals surface area (Å²) in [7, 11) is 0. The van der Waals surface area contributed by atoms with Crippen LogP contribution in [0.4, 0.5) is 0 Å². The molecule has 0 bridgehead atoms. The number of nitrogens with one attached hydrogen (secondary N) is 1. The van der Waals surface area contributed by atoms with Gasteiger partial charge >= 0.3 is 0 Å². The predicted molar refractivity (Wildman–Crippen MR) is 90.0 cm³/mol. The molecule has 5 heteroatoms. The van der Waals surface area contributed by atoms with Crippen LogP contribution in [0.25, 0.3) is 0 Å². The molecule has 1 heterocycles. The van der Waals surface area contributed by atoms with Gasteiger partial charge in [-0.2, -0.15) is 0 Å². The van der Waals surface area contributed by atoms with Crippen molar-refractivity contribution in [3.63, 3.8) is 0 Å². The summed E-state index contributed by atoms with van der Waals surface area (Å²) in [6.45, 7) is 6.05. The molecule has 112 valence electrons. The van der Waals surface area contributed by atoms with Crippen molar-refractivity contribution in [2.75, 3.05) is 6.54 Å². The van der Waals surface area contributed by atoms with Gasteiger partial charge in [0, 0.05) is 22.8 Å². The van der Waals surface area contributed by atoms with Crippen LogP contribution in [0, 0.1) is 5.92 Å². The fourth-order valence-corrected chi connectivity index (χ4v) is 2.31. The molecule has 0 unspecified atom stereocenters. The highest BCUT2D eigenvalue weighted by Crippen LogP contribution is 2.33. The number of aromatic nitrogens is 1. The first kappa shape index (κ1) is 16.3. The van der Waals surface area contributed by atoms with Crippen LogP contribution in [0.2, 0.25) is 5.02 Å². The molecule has 0 aliphatic carbocycles. The molecule has 1 aromatic heterocycles. The third-order valence-corrected chi connectivity index (χ3v) is 3.66. The van der Waals surface area contributed by atoms with E-state index in [1.807, 2.05) is 18.2 Å². The molecule has 0 spiro atoms. The van der Waals surface area contributed by atoms with Crippen LogP contribution >= 0.6 is 27.5 Å². The molecule has 3 nitrogen and oxygen atoms in total. The Labute approximate surface area is 138 Å². The molecular weight excluding hydrogens is 352 g/mol. The van der Waals surface area contributed by atoms with Crippen molar-refractivity contribution < 1.29 is 4.74 Å². The highest BCUT2D eigenvalue weighted by molar-refractivity contribution is 9.10. The number of hydrogen-bond donors (Lipinski definition) is 1. The van der Waals surface area contributed by atoms with Crippen molar-refractivity contribution in [1.29, 1.82) is 0 Å². The molecule has 0 fully saturated rings. The average Bonchev–Trinajstić information content (AvgIpc) is 2.44. The van der Waals surface area contributed by atoms with E-state index in [0.29, 0.717) is 22.4 Å². The number of hydrogen-bond acceptors (Lipinski definition) is 3. The second-order valence-corrected chi connectivity index (χ2v) is 6.51. The maximum absolute atomic E-state index is 6.16. The minimum absolute atomic E-state index is 0.572. The summed E-state index contributed by atoms with van der Waals surface area (Å²) in [6, 6.07) is 7.48. The van der Waals surface area contributed by atoms with Crippen molar-refractivity contribution in [2.24, 2.45) is 5.92 Å². The monoisotopic (exact) mass is 368 g/mol. The van der Waals surface area contributed by atoms with Gasteiger partial charge in [0.15, 0.2) is 0 Å². The van der Waals surface area contributed by atoms with Crippen LogP contribution in [-0.2, 0) is 6.54 Å². The lowest BCUT2D eigenvalue weighted by molar-refractivity contribution is 0.466. The molecule has 0 saturated carbocycles. The topological polar surface area (TPSA) is 34.2 Å². The molecule has 0 saturated heterocycles. The summed E-state index contributed by atoms with van der Waals surface area (Å²) in [4.78, 5) is 4.13. The van der Waals surface area contributed by atoms with Gasteiger partial charge < -0.3 is 10.1 Å². The summed E-state index contributed by atoms with van der Waals surface area (Å²) >= 11 is 9.58. The molecule has 0 amide bonds. The van der Waals surface area contributed by atoms with Crippen LogP contribution in [0.1, 0.15) is 19.4 Å². The Hall–Kier alpha value is -1.10. The zero-order chi connectivity index (χ0) is 15.2. The molecule has 1 N–H and O–H groups in total. The Bertz CT molecular complexity index is 605. The molecule has 2 aromatic rings. The van der Waals surface area contributed by atoms with E-state index in [2.05, 4.69) is 40.1 Å². The Morgan fingerprint density at radius 1 is 1.29 bits per heavy atom. The molecule has 1 aromatic carbocycles. The molecule has 21 heavy (non-hydrogen) atoms. The lowest BCUT2D eigenvalue weighted by Crippen LogP contribution is -2.19. The number of nitrogens with zero attached hydrogens (tertiary/aromatic N) is 1. The van der Waals surface area contributed by atoms with E-state index in [1.165, 1.54) is 0 Å². The minimum atomic E-state index is 0.572. The maximum Gasteiger partial charge on any atom is 0.150 e. The van der Waals surface area contributed by atoms with Gasteiger partial charge in [0.05, 0.1) is 11.2 Å². The molecule has 0 aliphatic rings. The van der Waals surface area contributed by atoms with Gasteiger partial charge in [0.2, 0.25) is 0 Å². The molecule has 0 radical (unpaired) electrons. The first-order valence-electron chi connectivity index (χ1n) is 6.82. The fraction of sp³-hybridized carbons (Fsp3) is 0.312.